The number of hydrogen-bond donors (Lipinski definition) is 8. The second-order valence-electron chi connectivity index (χ2n) is 14.6. The lowest BCUT2D eigenvalue weighted by atomic mass is 9.92. The van der Waals surface area contributed by atoms with Crippen molar-refractivity contribution in [3.8, 4) is 22.3 Å². The number of aliphatic hydroxyl groups is 6. The Morgan fingerprint density at radius 2 is 0.839 bits per heavy atom. The minimum absolute atomic E-state index is 0.00612. The number of fused-ring (bicyclic) bond motifs is 6. The molecule has 56 heavy (non-hydrogen) atoms. The maximum atomic E-state index is 12.8. The molecule has 8 N–H and O–H groups in total. The molecule has 0 amide bonds. The highest BCUT2D eigenvalue weighted by atomic mass is 16.4. The van der Waals surface area contributed by atoms with E-state index in [4.69, 9.17) is 0 Å². The van der Waals surface area contributed by atoms with Crippen LogP contribution in [0.5, 0.6) is 0 Å². The molecule has 0 bridgehead atoms. The number of ketones is 4. The fourth-order valence-electron chi connectivity index (χ4n) is 7.86. The summed E-state index contributed by atoms with van der Waals surface area (Å²) in [5, 5.41) is 65.4. The third kappa shape index (κ3) is 7.03. The molecule has 0 unspecified atom stereocenters. The number of nitrogens with one attached hydrogen (secondary N) is 2. The fourth-order valence-corrected chi connectivity index (χ4v) is 7.86. The van der Waals surface area contributed by atoms with Gasteiger partial charge in [0.1, 0.15) is 36.6 Å². The van der Waals surface area contributed by atoms with Crippen molar-refractivity contribution in [1.29, 1.82) is 0 Å². The van der Waals surface area contributed by atoms with Crippen molar-refractivity contribution in [3.63, 3.8) is 0 Å². The van der Waals surface area contributed by atoms with Crippen molar-refractivity contribution in [2.45, 2.75) is 75.4 Å². The first-order valence-electron chi connectivity index (χ1n) is 18.4. The molecular weight excluding hydrogens is 716 g/mol. The third-order valence-corrected chi connectivity index (χ3v) is 10.8. The van der Waals surface area contributed by atoms with Crippen molar-refractivity contribution in [2.24, 2.45) is 0 Å². The summed E-state index contributed by atoms with van der Waals surface area (Å²) < 4.78 is 0. The van der Waals surface area contributed by atoms with E-state index < -0.39 is 48.7 Å². The summed E-state index contributed by atoms with van der Waals surface area (Å²) >= 11 is 0. The number of allylic oxidation sites excluding steroid dienone is 2. The van der Waals surface area contributed by atoms with Crippen LogP contribution in [0.25, 0.3) is 22.3 Å². The molecule has 8 atom stereocenters. The summed E-state index contributed by atoms with van der Waals surface area (Å²) in [5.41, 5.74) is 7.29. The van der Waals surface area contributed by atoms with E-state index in [9.17, 15) is 49.8 Å². The Hall–Kier alpha value is -5.60. The Balaban J connectivity index is 0.000000172. The molecule has 0 radical (unpaired) electrons. The Kier molecular flexibility index (Phi) is 10.7. The monoisotopic (exact) mass is 758 g/mol. The van der Waals surface area contributed by atoms with Gasteiger partial charge in [-0.15, -0.1) is 0 Å². The van der Waals surface area contributed by atoms with E-state index in [0.29, 0.717) is 33.4 Å². The van der Waals surface area contributed by atoms with Crippen LogP contribution in [0.4, 0.5) is 0 Å². The zero-order valence-electron chi connectivity index (χ0n) is 30.6. The van der Waals surface area contributed by atoms with E-state index in [1.54, 1.807) is 38.1 Å². The largest absolute Gasteiger partial charge is 0.388 e. The third-order valence-electron chi connectivity index (χ3n) is 10.8. The van der Waals surface area contributed by atoms with Gasteiger partial charge in [0.05, 0.1) is 12.1 Å². The van der Waals surface area contributed by atoms with Crippen LogP contribution in [0.1, 0.15) is 56.8 Å². The molecule has 288 valence electrons. The van der Waals surface area contributed by atoms with Crippen LogP contribution in [0, 0.1) is 0 Å². The van der Waals surface area contributed by atoms with Gasteiger partial charge >= 0.3 is 0 Å². The van der Waals surface area contributed by atoms with Gasteiger partial charge in [0.2, 0.25) is 0 Å². The second-order valence-corrected chi connectivity index (χ2v) is 14.6. The van der Waals surface area contributed by atoms with Crippen LogP contribution in [0.3, 0.4) is 0 Å². The molecule has 0 saturated carbocycles. The highest BCUT2D eigenvalue weighted by Gasteiger charge is 2.39. The number of hydrogen-bond acceptors (Lipinski definition) is 12. The average molecular weight is 759 g/mol. The first-order chi connectivity index (χ1) is 26.8. The molecule has 2 heterocycles. The predicted octanol–water partition coefficient (Wildman–Crippen LogP) is 1.94. The quantitative estimate of drug-likeness (QED) is 0.115. The van der Waals surface area contributed by atoms with Crippen LogP contribution in [-0.2, 0) is 22.4 Å². The van der Waals surface area contributed by atoms with Crippen LogP contribution in [0.2, 0.25) is 0 Å². The number of piperidine rings is 2. The Labute approximate surface area is 322 Å². The Bertz CT molecular complexity index is 2150. The topological polar surface area (TPSA) is 214 Å². The molecule has 4 aromatic carbocycles. The van der Waals surface area contributed by atoms with Gasteiger partial charge in [-0.1, -0.05) is 84.9 Å². The standard InChI is InChI=1S/2C22H21NO5/c2*1-11-19(25)22(28)21(27)17(23-11)10-13(24)9-12-5-4-8-15-14-6-2-3-7-16(14)20(26)18(12)15/h2*2-8,10-11,19,21-23,25,27-28H,9H2,1H3/b17-10+;17-10-/t2*11-,19+,21+,22+/m00/s1. The molecule has 4 aromatic rings. The lowest BCUT2D eigenvalue weighted by Gasteiger charge is -2.36. The van der Waals surface area contributed by atoms with E-state index in [-0.39, 0.29) is 47.4 Å². The van der Waals surface area contributed by atoms with Gasteiger partial charge in [0.15, 0.2) is 23.1 Å². The van der Waals surface area contributed by atoms with Gasteiger partial charge in [0.25, 0.3) is 0 Å². The molecule has 8 rings (SSSR count). The molecule has 0 aromatic heterocycles. The van der Waals surface area contributed by atoms with E-state index in [0.717, 1.165) is 22.3 Å². The molecule has 12 heteroatoms. The first kappa shape index (κ1) is 38.7. The molecule has 2 aliphatic heterocycles. The summed E-state index contributed by atoms with van der Waals surface area (Å²) in [7, 11) is 0. The number of rotatable bonds is 6. The van der Waals surface area contributed by atoms with Crippen molar-refractivity contribution in [3.05, 3.63) is 142 Å². The Morgan fingerprint density at radius 3 is 1.21 bits per heavy atom. The minimum Gasteiger partial charge on any atom is -0.388 e. The molecule has 2 fully saturated rings. The summed E-state index contributed by atoms with van der Waals surface area (Å²) in [6, 6.07) is 24.6. The SMILES string of the molecule is C[C@@H]1N/C(=C/C(=O)Cc2cccc3c2C(=O)c2ccccc2-3)[C@@H](O)[C@H](O)[C@@H]1O.C[C@@H]1N/C(=C\C(=O)Cc2cccc3c2C(=O)c2ccccc2-3)[C@@H](O)[C@H](O)[C@@H]1O. The van der Waals surface area contributed by atoms with E-state index in [1.807, 2.05) is 60.7 Å². The maximum absolute atomic E-state index is 12.8. The molecule has 0 spiro atoms. The van der Waals surface area contributed by atoms with Crippen molar-refractivity contribution < 1.29 is 49.8 Å². The smallest absolute Gasteiger partial charge is 0.194 e. The molecule has 2 saturated heterocycles. The number of aliphatic hydroxyl groups excluding tert-OH is 6. The Morgan fingerprint density at radius 1 is 0.500 bits per heavy atom. The predicted molar refractivity (Wildman–Crippen MR) is 205 cm³/mol. The highest BCUT2D eigenvalue weighted by Crippen LogP contribution is 2.39. The van der Waals surface area contributed by atoms with Crippen LogP contribution in [0.15, 0.2) is 108 Å². The minimum atomic E-state index is -1.37. The maximum Gasteiger partial charge on any atom is 0.194 e. The van der Waals surface area contributed by atoms with E-state index in [2.05, 4.69) is 10.6 Å². The summed E-state index contributed by atoms with van der Waals surface area (Å²) in [4.78, 5) is 50.9. The zero-order valence-corrected chi connectivity index (χ0v) is 30.6. The molecule has 4 aliphatic rings. The molecule has 2 aliphatic carbocycles. The number of carbonyl (C=O) groups is 4. The summed E-state index contributed by atoms with van der Waals surface area (Å²) in [6.07, 6.45) is -5.28. The normalized spacial score (nSPS) is 27.3. The average Bonchev–Trinajstić information content (AvgIpc) is 3.66. The molecular formula is C44H42N2O10. The van der Waals surface area contributed by atoms with E-state index >= 15 is 0 Å². The van der Waals surface area contributed by atoms with Gasteiger partial charge in [-0.3, -0.25) is 19.2 Å². The number of benzene rings is 4. The highest BCUT2D eigenvalue weighted by molar-refractivity contribution is 6.23. The van der Waals surface area contributed by atoms with E-state index in [1.165, 1.54) is 12.2 Å². The summed E-state index contributed by atoms with van der Waals surface area (Å²) in [6.45, 7) is 3.30. The number of carbonyl (C=O) groups excluding carboxylic acids is 4. The van der Waals surface area contributed by atoms with Crippen LogP contribution >= 0.6 is 0 Å². The van der Waals surface area contributed by atoms with Gasteiger partial charge in [-0.05, 0) is 47.2 Å². The van der Waals surface area contributed by atoms with Crippen LogP contribution < -0.4 is 10.6 Å². The second kappa shape index (κ2) is 15.5. The van der Waals surface area contributed by atoms with Crippen molar-refractivity contribution in [2.75, 3.05) is 0 Å². The molecule has 12 nitrogen and oxygen atoms in total. The van der Waals surface area contributed by atoms with Crippen molar-refractivity contribution >= 4 is 23.1 Å². The lowest BCUT2D eigenvalue weighted by molar-refractivity contribution is -0.115. The summed E-state index contributed by atoms with van der Waals surface area (Å²) in [5.74, 6) is -0.807. The zero-order chi connectivity index (χ0) is 40.0. The fraction of sp³-hybridized carbons (Fsp3) is 0.273. The first-order valence-corrected chi connectivity index (χ1v) is 18.4. The van der Waals surface area contributed by atoms with Crippen molar-refractivity contribution in [1.82, 2.24) is 10.6 Å². The van der Waals surface area contributed by atoms with Gasteiger partial charge in [-0.25, -0.2) is 0 Å². The van der Waals surface area contributed by atoms with Gasteiger partial charge < -0.3 is 41.3 Å². The van der Waals surface area contributed by atoms with Gasteiger partial charge in [-0.2, -0.15) is 0 Å². The van der Waals surface area contributed by atoms with Crippen LogP contribution in [-0.4, -0.2) is 102 Å². The lowest BCUT2D eigenvalue weighted by Crippen LogP contribution is -2.57. The van der Waals surface area contributed by atoms with Gasteiger partial charge in [0, 0.05) is 58.6 Å².